The molecule has 1 unspecified atom stereocenters. The minimum Gasteiger partial charge on any atom is -0.388 e. The van der Waals surface area contributed by atoms with Crippen LogP contribution in [0.3, 0.4) is 0 Å². The van der Waals surface area contributed by atoms with E-state index in [1.54, 1.807) is 6.20 Å². The number of rotatable bonds is 3. The lowest BCUT2D eigenvalue weighted by Gasteiger charge is -2.37. The number of hydrogen-bond acceptors (Lipinski definition) is 4. The van der Waals surface area contributed by atoms with Crippen molar-refractivity contribution in [3.05, 3.63) is 29.6 Å². The first kappa shape index (κ1) is 13.5. The molecule has 3 rings (SSSR count). The van der Waals surface area contributed by atoms with Gasteiger partial charge in [0.1, 0.15) is 10.7 Å². The summed E-state index contributed by atoms with van der Waals surface area (Å²) in [5.41, 5.74) is 7.50. The fourth-order valence-electron chi connectivity index (χ4n) is 3.10. The predicted octanol–water partition coefficient (Wildman–Crippen LogP) is 0.522. The first-order valence-corrected chi connectivity index (χ1v) is 7.31. The Balaban J connectivity index is 1.70. The van der Waals surface area contributed by atoms with Crippen LogP contribution in [0.1, 0.15) is 24.1 Å². The Hall–Kier alpha value is -1.53. The summed E-state index contributed by atoms with van der Waals surface area (Å²) in [5.74, 6) is 0.305. The second kappa shape index (κ2) is 5.46. The third-order valence-corrected chi connectivity index (χ3v) is 4.29. The van der Waals surface area contributed by atoms with Gasteiger partial charge in [-0.3, -0.25) is 14.7 Å². The second-order valence-corrected chi connectivity index (χ2v) is 5.83. The van der Waals surface area contributed by atoms with Gasteiger partial charge < -0.3 is 10.6 Å². The van der Waals surface area contributed by atoms with Gasteiger partial charge in [-0.25, -0.2) is 0 Å². The maximum atomic E-state index is 11.7. The third kappa shape index (κ3) is 2.53. The molecule has 106 valence electrons. The molecular weight excluding hydrogens is 272 g/mol. The van der Waals surface area contributed by atoms with Gasteiger partial charge in [-0.2, -0.15) is 0 Å². The van der Waals surface area contributed by atoms with Crippen molar-refractivity contribution in [2.75, 3.05) is 19.6 Å². The number of amides is 1. The summed E-state index contributed by atoms with van der Waals surface area (Å²) in [6.07, 6.45) is 3.39. The van der Waals surface area contributed by atoms with E-state index in [-0.39, 0.29) is 0 Å². The lowest BCUT2D eigenvalue weighted by atomic mass is 10.1. The highest BCUT2D eigenvalue weighted by molar-refractivity contribution is 7.80. The zero-order valence-corrected chi connectivity index (χ0v) is 12.1. The van der Waals surface area contributed by atoms with Gasteiger partial charge >= 0.3 is 0 Å². The molecule has 2 aliphatic heterocycles. The Kier molecular flexibility index (Phi) is 3.67. The molecule has 0 spiro atoms. The fourth-order valence-corrected chi connectivity index (χ4v) is 3.29. The molecule has 6 heteroatoms. The van der Waals surface area contributed by atoms with Crippen molar-refractivity contribution in [2.45, 2.75) is 25.4 Å². The first-order chi connectivity index (χ1) is 9.65. The maximum absolute atomic E-state index is 11.7. The first-order valence-electron chi connectivity index (χ1n) is 6.90. The summed E-state index contributed by atoms with van der Waals surface area (Å²) >= 11 is 5.05. The highest BCUT2D eigenvalue weighted by atomic mass is 32.1. The van der Waals surface area contributed by atoms with Crippen LogP contribution in [-0.4, -0.2) is 51.4 Å². The lowest BCUT2D eigenvalue weighted by molar-refractivity contribution is -0.130. The SMILES string of the molecule is NC(=S)c1ncccc1CN1CCN2C(=O)CCC2C1. The highest BCUT2D eigenvalue weighted by Crippen LogP contribution is 2.24. The number of piperazine rings is 1. The molecule has 0 aliphatic carbocycles. The second-order valence-electron chi connectivity index (χ2n) is 5.39. The summed E-state index contributed by atoms with van der Waals surface area (Å²) in [5, 5.41) is 0. The van der Waals surface area contributed by atoms with Gasteiger partial charge in [-0.05, 0) is 18.1 Å². The van der Waals surface area contributed by atoms with Crippen LogP contribution in [0.5, 0.6) is 0 Å². The van der Waals surface area contributed by atoms with Crippen LogP contribution < -0.4 is 5.73 Å². The van der Waals surface area contributed by atoms with Gasteiger partial charge in [0.2, 0.25) is 5.91 Å². The molecule has 2 N–H and O–H groups in total. The largest absolute Gasteiger partial charge is 0.388 e. The number of carbonyl (C=O) groups excluding carboxylic acids is 1. The Morgan fingerprint density at radius 1 is 1.50 bits per heavy atom. The molecule has 0 bridgehead atoms. The van der Waals surface area contributed by atoms with E-state index in [4.69, 9.17) is 18.0 Å². The number of pyridine rings is 1. The molecule has 20 heavy (non-hydrogen) atoms. The number of thiocarbonyl (C=S) groups is 1. The normalized spacial score (nSPS) is 22.9. The van der Waals surface area contributed by atoms with Crippen LogP contribution in [-0.2, 0) is 11.3 Å². The van der Waals surface area contributed by atoms with E-state index in [1.165, 1.54) is 0 Å². The Bertz CT molecular complexity index is 548. The predicted molar refractivity (Wildman–Crippen MR) is 80.1 cm³/mol. The molecule has 0 aromatic carbocycles. The molecule has 2 saturated heterocycles. The summed E-state index contributed by atoms with van der Waals surface area (Å²) in [4.78, 5) is 20.7. The van der Waals surface area contributed by atoms with E-state index in [9.17, 15) is 4.79 Å². The van der Waals surface area contributed by atoms with Crippen LogP contribution in [0.4, 0.5) is 0 Å². The van der Waals surface area contributed by atoms with Crippen LogP contribution in [0.25, 0.3) is 0 Å². The van der Waals surface area contributed by atoms with E-state index in [1.807, 2.05) is 17.0 Å². The van der Waals surface area contributed by atoms with Gasteiger partial charge in [-0.15, -0.1) is 0 Å². The highest BCUT2D eigenvalue weighted by Gasteiger charge is 2.35. The van der Waals surface area contributed by atoms with Crippen molar-refractivity contribution in [1.82, 2.24) is 14.8 Å². The molecule has 0 radical (unpaired) electrons. The molecule has 1 amide bonds. The molecule has 2 fully saturated rings. The monoisotopic (exact) mass is 290 g/mol. The van der Waals surface area contributed by atoms with Gasteiger partial charge in [0, 0.05) is 44.8 Å². The number of nitrogens with two attached hydrogens (primary N) is 1. The molecule has 2 aliphatic rings. The standard InChI is InChI=1S/C14H18N4OS/c15-14(20)13-10(2-1-5-16-13)8-17-6-7-18-11(9-17)3-4-12(18)19/h1-2,5,11H,3-4,6-9H2,(H2,15,20). The van der Waals surface area contributed by atoms with Crippen molar-refractivity contribution in [2.24, 2.45) is 5.73 Å². The average molecular weight is 290 g/mol. The minimum atomic E-state index is 0.305. The van der Waals surface area contributed by atoms with Gasteiger partial charge in [0.05, 0.1) is 0 Å². The minimum absolute atomic E-state index is 0.305. The van der Waals surface area contributed by atoms with E-state index in [0.29, 0.717) is 29.1 Å². The summed E-state index contributed by atoms with van der Waals surface area (Å²) in [6.45, 7) is 3.44. The maximum Gasteiger partial charge on any atom is 0.222 e. The smallest absolute Gasteiger partial charge is 0.222 e. The average Bonchev–Trinajstić information content (AvgIpc) is 2.80. The Morgan fingerprint density at radius 2 is 2.35 bits per heavy atom. The van der Waals surface area contributed by atoms with Gasteiger partial charge in [-0.1, -0.05) is 18.3 Å². The number of hydrogen-bond donors (Lipinski definition) is 1. The summed E-state index contributed by atoms with van der Waals surface area (Å²) in [7, 11) is 0. The third-order valence-electron chi connectivity index (χ3n) is 4.10. The molecule has 1 aromatic rings. The molecular formula is C14H18N4OS. The van der Waals surface area contributed by atoms with Crippen LogP contribution in [0, 0.1) is 0 Å². The van der Waals surface area contributed by atoms with Crippen molar-refractivity contribution >= 4 is 23.1 Å². The zero-order chi connectivity index (χ0) is 14.1. The van der Waals surface area contributed by atoms with Crippen molar-refractivity contribution in [1.29, 1.82) is 0 Å². The molecule has 1 aromatic heterocycles. The van der Waals surface area contributed by atoms with E-state index in [0.717, 1.165) is 38.2 Å². The van der Waals surface area contributed by atoms with E-state index >= 15 is 0 Å². The molecule has 3 heterocycles. The molecule has 1 atom stereocenters. The lowest BCUT2D eigenvalue weighted by Crippen LogP contribution is -2.51. The van der Waals surface area contributed by atoms with E-state index < -0.39 is 0 Å². The number of fused-ring (bicyclic) bond motifs is 1. The molecule has 0 saturated carbocycles. The quantitative estimate of drug-likeness (QED) is 0.823. The zero-order valence-electron chi connectivity index (χ0n) is 11.3. The van der Waals surface area contributed by atoms with Crippen molar-refractivity contribution in [3.63, 3.8) is 0 Å². The Morgan fingerprint density at radius 3 is 3.15 bits per heavy atom. The summed E-state index contributed by atoms with van der Waals surface area (Å²) < 4.78 is 0. The fraction of sp³-hybridized carbons (Fsp3) is 0.500. The number of nitrogens with zero attached hydrogens (tertiary/aromatic N) is 3. The van der Waals surface area contributed by atoms with Gasteiger partial charge in [0.15, 0.2) is 0 Å². The number of carbonyl (C=O) groups is 1. The number of aromatic nitrogens is 1. The molecule has 5 nitrogen and oxygen atoms in total. The summed E-state index contributed by atoms with van der Waals surface area (Å²) in [6, 6.07) is 4.31. The van der Waals surface area contributed by atoms with Crippen molar-refractivity contribution in [3.8, 4) is 0 Å². The van der Waals surface area contributed by atoms with E-state index in [2.05, 4.69) is 9.88 Å². The van der Waals surface area contributed by atoms with Crippen LogP contribution in [0.15, 0.2) is 18.3 Å². The van der Waals surface area contributed by atoms with Crippen molar-refractivity contribution < 1.29 is 4.79 Å². The topological polar surface area (TPSA) is 62.5 Å². The van der Waals surface area contributed by atoms with Gasteiger partial charge in [0.25, 0.3) is 0 Å². The van der Waals surface area contributed by atoms with Crippen LogP contribution >= 0.6 is 12.2 Å². The van der Waals surface area contributed by atoms with Crippen LogP contribution in [0.2, 0.25) is 0 Å². The Labute approximate surface area is 123 Å².